The topological polar surface area (TPSA) is 74.4 Å². The second-order valence-electron chi connectivity index (χ2n) is 5.20. The minimum atomic E-state index is 0.210. The fourth-order valence-electron chi connectivity index (χ4n) is 2.00. The molecule has 5 heteroatoms. The van der Waals surface area contributed by atoms with Gasteiger partial charge in [0.25, 0.3) is 0 Å². The summed E-state index contributed by atoms with van der Waals surface area (Å²) in [6, 6.07) is 14.0. The molecule has 0 fully saturated rings. The second-order valence-corrected chi connectivity index (χ2v) is 5.20. The number of rotatable bonds is 9. The molecule has 0 amide bonds. The van der Waals surface area contributed by atoms with Gasteiger partial charge in [-0.05, 0) is 67.8 Å². The number of unbranched alkanes of at least 4 members (excludes halogenated alkanes) is 3. The summed E-state index contributed by atoms with van der Waals surface area (Å²) in [5.74, 6) is 1.03. The van der Waals surface area contributed by atoms with Gasteiger partial charge >= 0.3 is 0 Å². The van der Waals surface area contributed by atoms with Crippen LogP contribution in [-0.2, 0) is 0 Å². The van der Waals surface area contributed by atoms with Crippen LogP contribution in [0.3, 0.4) is 0 Å². The van der Waals surface area contributed by atoms with E-state index in [9.17, 15) is 5.11 Å². The van der Waals surface area contributed by atoms with Crippen LogP contribution in [0.15, 0.2) is 58.8 Å². The Bertz CT molecular complexity index is 595. The molecule has 0 aromatic heterocycles. The molecule has 0 bridgehead atoms. The van der Waals surface area contributed by atoms with E-state index in [0.717, 1.165) is 37.1 Å². The molecular formula is C18H22N2O3. The molecular weight excluding hydrogens is 292 g/mol. The zero-order valence-corrected chi connectivity index (χ0v) is 13.1. The van der Waals surface area contributed by atoms with Crippen LogP contribution in [0.25, 0.3) is 0 Å². The standard InChI is InChI=1S/C18H22N2O3/c21-13-3-1-2-4-14-23-18-11-7-16(8-12-18)20-19-15-5-9-17(22)10-6-15/h5-12,21-22H,1-4,13-14H2. The first-order valence-electron chi connectivity index (χ1n) is 7.82. The smallest absolute Gasteiger partial charge is 0.119 e. The van der Waals surface area contributed by atoms with E-state index in [4.69, 9.17) is 9.84 Å². The van der Waals surface area contributed by atoms with Gasteiger partial charge in [0.1, 0.15) is 11.5 Å². The van der Waals surface area contributed by atoms with Gasteiger partial charge in [0.2, 0.25) is 0 Å². The first-order chi connectivity index (χ1) is 11.3. The molecule has 0 heterocycles. The van der Waals surface area contributed by atoms with E-state index in [-0.39, 0.29) is 12.4 Å². The number of aliphatic hydroxyl groups is 1. The predicted molar refractivity (Wildman–Crippen MR) is 89.8 cm³/mol. The van der Waals surface area contributed by atoms with Gasteiger partial charge in [-0.25, -0.2) is 0 Å². The van der Waals surface area contributed by atoms with Crippen molar-refractivity contribution in [2.45, 2.75) is 25.7 Å². The van der Waals surface area contributed by atoms with Gasteiger partial charge in [0.15, 0.2) is 0 Å². The molecule has 2 aromatic carbocycles. The van der Waals surface area contributed by atoms with Crippen LogP contribution in [0.4, 0.5) is 11.4 Å². The summed E-state index contributed by atoms with van der Waals surface area (Å²) in [7, 11) is 0. The summed E-state index contributed by atoms with van der Waals surface area (Å²) >= 11 is 0. The van der Waals surface area contributed by atoms with Gasteiger partial charge < -0.3 is 14.9 Å². The summed E-state index contributed by atoms with van der Waals surface area (Å²) in [4.78, 5) is 0. The lowest BCUT2D eigenvalue weighted by molar-refractivity contribution is 0.273. The van der Waals surface area contributed by atoms with E-state index in [1.807, 2.05) is 24.3 Å². The quantitative estimate of drug-likeness (QED) is 0.518. The Balaban J connectivity index is 1.76. The van der Waals surface area contributed by atoms with Crippen molar-refractivity contribution in [3.63, 3.8) is 0 Å². The third-order valence-electron chi connectivity index (χ3n) is 3.29. The highest BCUT2D eigenvalue weighted by Gasteiger charge is 1.96. The SMILES string of the molecule is OCCCCCCOc1ccc(N=Nc2ccc(O)cc2)cc1. The summed E-state index contributed by atoms with van der Waals surface area (Å²) in [5, 5.41) is 26.1. The van der Waals surface area contributed by atoms with Crippen molar-refractivity contribution < 1.29 is 14.9 Å². The number of hydrogen-bond acceptors (Lipinski definition) is 5. The fourth-order valence-corrected chi connectivity index (χ4v) is 2.00. The molecule has 0 atom stereocenters. The molecule has 0 aliphatic heterocycles. The Kier molecular flexibility index (Phi) is 7.07. The Hall–Kier alpha value is -2.40. The van der Waals surface area contributed by atoms with Crippen molar-refractivity contribution in [1.29, 1.82) is 0 Å². The van der Waals surface area contributed by atoms with Gasteiger partial charge in [-0.2, -0.15) is 10.2 Å². The monoisotopic (exact) mass is 314 g/mol. The lowest BCUT2D eigenvalue weighted by atomic mass is 10.2. The summed E-state index contributed by atoms with van der Waals surface area (Å²) in [6.45, 7) is 0.945. The predicted octanol–water partition coefficient (Wildman–Crippen LogP) is 4.74. The average Bonchev–Trinajstić information content (AvgIpc) is 2.58. The Morgan fingerprint density at radius 3 is 1.91 bits per heavy atom. The van der Waals surface area contributed by atoms with Crippen LogP contribution in [0.1, 0.15) is 25.7 Å². The largest absolute Gasteiger partial charge is 0.508 e. The van der Waals surface area contributed by atoms with Gasteiger partial charge in [0.05, 0.1) is 18.0 Å². The average molecular weight is 314 g/mol. The van der Waals surface area contributed by atoms with Crippen LogP contribution < -0.4 is 4.74 Å². The summed E-state index contributed by atoms with van der Waals surface area (Å²) in [5.41, 5.74) is 1.43. The Labute approximate surface area is 136 Å². The summed E-state index contributed by atoms with van der Waals surface area (Å²) in [6.07, 6.45) is 3.96. The molecule has 0 saturated heterocycles. The maximum atomic E-state index is 9.21. The number of benzene rings is 2. The number of aromatic hydroxyl groups is 1. The minimum absolute atomic E-state index is 0.210. The molecule has 2 rings (SSSR count). The minimum Gasteiger partial charge on any atom is -0.508 e. The van der Waals surface area contributed by atoms with E-state index >= 15 is 0 Å². The number of azo groups is 1. The molecule has 2 aromatic rings. The number of hydrogen-bond donors (Lipinski definition) is 2. The van der Waals surface area contributed by atoms with Crippen LogP contribution in [-0.4, -0.2) is 23.4 Å². The van der Waals surface area contributed by atoms with Crippen molar-refractivity contribution in [1.82, 2.24) is 0 Å². The lowest BCUT2D eigenvalue weighted by Gasteiger charge is -2.05. The molecule has 0 spiro atoms. The second kappa shape index (κ2) is 9.58. The van der Waals surface area contributed by atoms with Crippen LogP contribution in [0.2, 0.25) is 0 Å². The molecule has 0 saturated carbocycles. The van der Waals surface area contributed by atoms with Crippen LogP contribution >= 0.6 is 0 Å². The van der Waals surface area contributed by atoms with Crippen LogP contribution in [0.5, 0.6) is 11.5 Å². The van der Waals surface area contributed by atoms with E-state index < -0.39 is 0 Å². The molecule has 122 valence electrons. The highest BCUT2D eigenvalue weighted by molar-refractivity contribution is 5.43. The lowest BCUT2D eigenvalue weighted by Crippen LogP contribution is -1.97. The Morgan fingerprint density at radius 1 is 0.739 bits per heavy atom. The number of ether oxygens (including phenoxy) is 1. The maximum absolute atomic E-state index is 9.21. The van der Waals surface area contributed by atoms with Crippen molar-refractivity contribution in [3.8, 4) is 11.5 Å². The fraction of sp³-hybridized carbons (Fsp3) is 0.333. The number of aliphatic hydroxyl groups excluding tert-OH is 1. The molecule has 5 nitrogen and oxygen atoms in total. The molecule has 0 aliphatic carbocycles. The normalized spacial score (nSPS) is 11.0. The van der Waals surface area contributed by atoms with Gasteiger partial charge in [-0.15, -0.1) is 0 Å². The maximum Gasteiger partial charge on any atom is 0.119 e. The van der Waals surface area contributed by atoms with E-state index in [0.29, 0.717) is 12.3 Å². The zero-order valence-electron chi connectivity index (χ0n) is 13.1. The van der Waals surface area contributed by atoms with E-state index in [1.165, 1.54) is 0 Å². The molecule has 0 unspecified atom stereocenters. The number of phenols is 1. The van der Waals surface area contributed by atoms with E-state index in [1.54, 1.807) is 24.3 Å². The highest BCUT2D eigenvalue weighted by Crippen LogP contribution is 2.22. The molecule has 0 aliphatic rings. The van der Waals surface area contributed by atoms with Gasteiger partial charge in [-0.3, -0.25) is 0 Å². The Morgan fingerprint density at radius 2 is 1.30 bits per heavy atom. The first-order valence-corrected chi connectivity index (χ1v) is 7.82. The number of phenolic OH excluding ortho intramolecular Hbond substituents is 1. The van der Waals surface area contributed by atoms with Crippen molar-refractivity contribution in [2.24, 2.45) is 10.2 Å². The van der Waals surface area contributed by atoms with Crippen LogP contribution in [0, 0.1) is 0 Å². The third kappa shape index (κ3) is 6.48. The van der Waals surface area contributed by atoms with Gasteiger partial charge in [-0.1, -0.05) is 6.42 Å². The molecule has 23 heavy (non-hydrogen) atoms. The third-order valence-corrected chi connectivity index (χ3v) is 3.29. The number of nitrogens with zero attached hydrogens (tertiary/aromatic N) is 2. The molecule has 2 N–H and O–H groups in total. The van der Waals surface area contributed by atoms with Crippen molar-refractivity contribution >= 4 is 11.4 Å². The highest BCUT2D eigenvalue weighted by atomic mass is 16.5. The van der Waals surface area contributed by atoms with Crippen molar-refractivity contribution in [3.05, 3.63) is 48.5 Å². The van der Waals surface area contributed by atoms with E-state index in [2.05, 4.69) is 10.2 Å². The van der Waals surface area contributed by atoms with Crippen molar-refractivity contribution in [2.75, 3.05) is 13.2 Å². The zero-order chi connectivity index (χ0) is 16.3. The molecule has 0 radical (unpaired) electrons. The summed E-state index contributed by atoms with van der Waals surface area (Å²) < 4.78 is 5.65. The first kappa shape index (κ1) is 17.0. The van der Waals surface area contributed by atoms with Gasteiger partial charge in [0, 0.05) is 6.61 Å².